The van der Waals surface area contributed by atoms with Crippen LogP contribution in [-0.4, -0.2) is 16.9 Å². The highest BCUT2D eigenvalue weighted by atomic mass is 19.2. The van der Waals surface area contributed by atoms with Gasteiger partial charge in [-0.15, -0.1) is 0 Å². The van der Waals surface area contributed by atoms with Gasteiger partial charge in [-0.1, -0.05) is 19.3 Å². The van der Waals surface area contributed by atoms with Gasteiger partial charge in [0.2, 0.25) is 11.6 Å². The predicted octanol–water partition coefficient (Wildman–Crippen LogP) is 3.07. The molecule has 0 atom stereocenters. The van der Waals surface area contributed by atoms with Gasteiger partial charge < -0.3 is 5.32 Å². The molecule has 21 heavy (non-hydrogen) atoms. The predicted molar refractivity (Wildman–Crippen MR) is 67.3 cm³/mol. The summed E-state index contributed by atoms with van der Waals surface area (Å²) in [5, 5.41) is 13.1. The first-order valence-electron chi connectivity index (χ1n) is 6.54. The first kappa shape index (κ1) is 15.3. The summed E-state index contributed by atoms with van der Waals surface area (Å²) in [5.41, 5.74) is -2.12. The number of halogens is 3. The molecule has 1 aromatic carbocycles. The molecule has 2 rings (SSSR count). The fourth-order valence-electron chi connectivity index (χ4n) is 2.40. The number of carbonyl (C=O) groups is 1. The second-order valence-corrected chi connectivity index (χ2v) is 4.95. The Balaban J connectivity index is 2.29. The van der Waals surface area contributed by atoms with Crippen molar-refractivity contribution in [1.82, 2.24) is 5.32 Å². The molecule has 0 aromatic heterocycles. The minimum atomic E-state index is -2.02. The van der Waals surface area contributed by atoms with Crippen LogP contribution < -0.4 is 5.32 Å². The number of hydrogen-bond donors (Lipinski definition) is 1. The molecule has 0 heterocycles. The van der Waals surface area contributed by atoms with Gasteiger partial charge in [-0.05, 0) is 12.8 Å². The Hall–Kier alpha value is -2.12. The Morgan fingerprint density at radius 1 is 1.14 bits per heavy atom. The molecule has 0 radical (unpaired) electrons. The molecule has 0 unspecified atom stereocenters. The maximum Gasteiger partial charge on any atom is 0.308 e. The third-order valence-corrected chi connectivity index (χ3v) is 3.51. The average molecular weight is 302 g/mol. The van der Waals surface area contributed by atoms with Crippen molar-refractivity contribution in [2.24, 2.45) is 0 Å². The third-order valence-electron chi connectivity index (χ3n) is 3.51. The van der Waals surface area contributed by atoms with Crippen LogP contribution in [0, 0.1) is 27.6 Å². The lowest BCUT2D eigenvalue weighted by molar-refractivity contribution is -0.387. The van der Waals surface area contributed by atoms with Gasteiger partial charge in [0, 0.05) is 12.1 Å². The van der Waals surface area contributed by atoms with Gasteiger partial charge in [0.1, 0.15) is 0 Å². The molecule has 1 aliphatic rings. The van der Waals surface area contributed by atoms with Crippen LogP contribution in [-0.2, 0) is 0 Å². The van der Waals surface area contributed by atoms with Gasteiger partial charge in [-0.3, -0.25) is 14.9 Å². The fraction of sp³-hybridized carbons (Fsp3) is 0.462. The van der Waals surface area contributed by atoms with E-state index in [1.807, 2.05) is 0 Å². The van der Waals surface area contributed by atoms with Crippen molar-refractivity contribution in [1.29, 1.82) is 0 Å². The van der Waals surface area contributed by atoms with Crippen molar-refractivity contribution >= 4 is 11.6 Å². The summed E-state index contributed by atoms with van der Waals surface area (Å²) >= 11 is 0. The number of rotatable bonds is 3. The maximum atomic E-state index is 13.6. The standard InChI is InChI=1S/C13H13F3N2O3/c14-10-8(6-9(18(20)21)11(15)12(10)16)13(19)17-7-4-2-1-3-5-7/h6-7H,1-5H2,(H,17,19). The molecule has 0 aliphatic heterocycles. The zero-order valence-electron chi connectivity index (χ0n) is 11.0. The average Bonchev–Trinajstić information content (AvgIpc) is 2.45. The molecule has 1 saturated carbocycles. The second kappa shape index (κ2) is 6.11. The first-order chi connectivity index (χ1) is 9.91. The zero-order chi connectivity index (χ0) is 15.6. The highest BCUT2D eigenvalue weighted by Crippen LogP contribution is 2.26. The largest absolute Gasteiger partial charge is 0.349 e. The second-order valence-electron chi connectivity index (χ2n) is 4.95. The number of nitrogens with zero attached hydrogens (tertiary/aromatic N) is 1. The van der Waals surface area contributed by atoms with Crippen molar-refractivity contribution < 1.29 is 22.9 Å². The molecule has 1 N–H and O–H groups in total. The molecule has 0 bridgehead atoms. The minimum absolute atomic E-state index is 0.183. The highest BCUT2D eigenvalue weighted by molar-refractivity contribution is 5.95. The number of carbonyl (C=O) groups excluding carboxylic acids is 1. The Morgan fingerprint density at radius 3 is 2.33 bits per heavy atom. The van der Waals surface area contributed by atoms with Crippen molar-refractivity contribution in [3.63, 3.8) is 0 Å². The van der Waals surface area contributed by atoms with Crippen molar-refractivity contribution in [3.05, 3.63) is 39.2 Å². The van der Waals surface area contributed by atoms with Crippen molar-refractivity contribution in [2.75, 3.05) is 0 Å². The van der Waals surface area contributed by atoms with E-state index in [1.165, 1.54) is 0 Å². The Kier molecular flexibility index (Phi) is 4.44. The Labute approximate surface area is 118 Å². The Morgan fingerprint density at radius 2 is 1.76 bits per heavy atom. The fourth-order valence-corrected chi connectivity index (χ4v) is 2.40. The Bertz CT molecular complexity index is 587. The van der Waals surface area contributed by atoms with Gasteiger partial charge >= 0.3 is 5.69 Å². The summed E-state index contributed by atoms with van der Waals surface area (Å²) in [4.78, 5) is 21.3. The topological polar surface area (TPSA) is 72.2 Å². The third kappa shape index (κ3) is 3.14. The monoisotopic (exact) mass is 302 g/mol. The molecule has 1 fully saturated rings. The van der Waals surface area contributed by atoms with Crippen LogP contribution in [0.1, 0.15) is 42.5 Å². The van der Waals surface area contributed by atoms with Crippen LogP contribution >= 0.6 is 0 Å². The maximum absolute atomic E-state index is 13.6. The molecule has 5 nitrogen and oxygen atoms in total. The summed E-state index contributed by atoms with van der Waals surface area (Å²) in [5.74, 6) is -6.61. The van der Waals surface area contributed by atoms with Crippen molar-refractivity contribution in [3.8, 4) is 0 Å². The van der Waals surface area contributed by atoms with E-state index in [4.69, 9.17) is 0 Å². The molecule has 1 aromatic rings. The number of nitro benzene ring substituents is 1. The molecule has 114 valence electrons. The molecule has 1 amide bonds. The number of nitrogens with one attached hydrogen (secondary N) is 1. The lowest BCUT2D eigenvalue weighted by atomic mass is 9.95. The SMILES string of the molecule is O=C(NC1CCCCC1)c1cc([N+](=O)[O-])c(F)c(F)c1F. The van der Waals surface area contributed by atoms with Gasteiger partial charge in [-0.2, -0.15) is 4.39 Å². The van der Waals surface area contributed by atoms with E-state index in [0.717, 1.165) is 19.3 Å². The van der Waals surface area contributed by atoms with Gasteiger partial charge in [-0.25, -0.2) is 8.78 Å². The quantitative estimate of drug-likeness (QED) is 0.530. The summed E-state index contributed by atoms with van der Waals surface area (Å²) < 4.78 is 40.2. The summed E-state index contributed by atoms with van der Waals surface area (Å²) in [6.45, 7) is 0. The van der Waals surface area contributed by atoms with Crippen molar-refractivity contribution in [2.45, 2.75) is 38.1 Å². The van der Waals surface area contributed by atoms with E-state index < -0.39 is 39.5 Å². The number of nitro groups is 1. The zero-order valence-corrected chi connectivity index (χ0v) is 11.0. The lowest BCUT2D eigenvalue weighted by Gasteiger charge is -2.22. The summed E-state index contributed by atoms with van der Waals surface area (Å²) in [6.07, 6.45) is 4.27. The lowest BCUT2D eigenvalue weighted by Crippen LogP contribution is -2.36. The number of hydrogen-bond acceptors (Lipinski definition) is 3. The first-order valence-corrected chi connectivity index (χ1v) is 6.54. The molecule has 0 spiro atoms. The summed E-state index contributed by atoms with van der Waals surface area (Å²) in [6, 6.07) is 0.240. The molecule has 1 aliphatic carbocycles. The van der Waals surface area contributed by atoms with Gasteiger partial charge in [0.05, 0.1) is 10.5 Å². The molecular formula is C13H13F3N2O3. The van der Waals surface area contributed by atoms with Crippen LogP contribution in [0.25, 0.3) is 0 Å². The van der Waals surface area contributed by atoms with Crippen LogP contribution in [0.4, 0.5) is 18.9 Å². The van der Waals surface area contributed by atoms with E-state index in [9.17, 15) is 28.1 Å². The van der Waals surface area contributed by atoms with E-state index in [1.54, 1.807) is 0 Å². The van der Waals surface area contributed by atoms with E-state index >= 15 is 0 Å². The van der Waals surface area contributed by atoms with E-state index in [-0.39, 0.29) is 6.04 Å². The van der Waals surface area contributed by atoms with Crippen LogP contribution in [0.5, 0.6) is 0 Å². The normalized spacial score (nSPS) is 15.8. The van der Waals surface area contributed by atoms with Gasteiger partial charge in [0.25, 0.3) is 5.91 Å². The van der Waals surface area contributed by atoms with Crippen LogP contribution in [0.15, 0.2) is 6.07 Å². The van der Waals surface area contributed by atoms with E-state index in [2.05, 4.69) is 5.32 Å². The van der Waals surface area contributed by atoms with Crippen LogP contribution in [0.2, 0.25) is 0 Å². The van der Waals surface area contributed by atoms with Crippen LogP contribution in [0.3, 0.4) is 0 Å². The van der Waals surface area contributed by atoms with E-state index in [0.29, 0.717) is 18.9 Å². The smallest absolute Gasteiger partial charge is 0.308 e. The number of benzene rings is 1. The van der Waals surface area contributed by atoms with Gasteiger partial charge in [0.15, 0.2) is 5.82 Å². The molecule has 0 saturated heterocycles. The summed E-state index contributed by atoms with van der Waals surface area (Å²) in [7, 11) is 0. The number of amides is 1. The molecule has 8 heteroatoms. The highest BCUT2D eigenvalue weighted by Gasteiger charge is 2.29. The minimum Gasteiger partial charge on any atom is -0.349 e. The molecular weight excluding hydrogens is 289 g/mol.